The molecule has 0 aliphatic carbocycles. The Labute approximate surface area is 130 Å². The van der Waals surface area contributed by atoms with Gasteiger partial charge in [0.15, 0.2) is 0 Å². The highest BCUT2D eigenvalue weighted by molar-refractivity contribution is 9.10. The number of methoxy groups -OCH3 is 1. The average molecular weight is 356 g/mol. The molecular weight excluding hydrogens is 344 g/mol. The zero-order valence-electron chi connectivity index (χ0n) is 10.6. The van der Waals surface area contributed by atoms with Crippen LogP contribution in [0.25, 0.3) is 0 Å². The Morgan fingerprint density at radius 3 is 2.75 bits per heavy atom. The Hall–Kier alpha value is -1.72. The number of nitrogen functional groups attached to an aromatic ring is 1. The molecule has 0 atom stereocenters. The van der Waals surface area contributed by atoms with Crippen LogP contribution in [0.15, 0.2) is 40.9 Å². The van der Waals surface area contributed by atoms with E-state index in [0.29, 0.717) is 22.0 Å². The highest BCUT2D eigenvalue weighted by atomic mass is 79.9. The first-order valence-corrected chi connectivity index (χ1v) is 6.89. The summed E-state index contributed by atoms with van der Waals surface area (Å²) >= 11 is 9.29. The van der Waals surface area contributed by atoms with Crippen molar-refractivity contribution in [2.45, 2.75) is 0 Å². The predicted octanol–water partition coefficient (Wildman–Crippen LogP) is 4.21. The molecule has 2 rings (SSSR count). The average Bonchev–Trinajstić information content (AvgIpc) is 2.44. The van der Waals surface area contributed by atoms with Gasteiger partial charge in [-0.2, -0.15) is 0 Å². The van der Waals surface area contributed by atoms with Crippen LogP contribution in [-0.4, -0.2) is 13.1 Å². The van der Waals surface area contributed by atoms with E-state index in [4.69, 9.17) is 17.3 Å². The van der Waals surface area contributed by atoms with Crippen molar-refractivity contribution in [1.82, 2.24) is 0 Å². The van der Waals surface area contributed by atoms with Gasteiger partial charge in [-0.25, -0.2) is 4.79 Å². The minimum atomic E-state index is -0.469. The van der Waals surface area contributed by atoms with E-state index in [1.165, 1.54) is 7.11 Å². The molecule has 0 amide bonds. The van der Waals surface area contributed by atoms with Gasteiger partial charge >= 0.3 is 5.97 Å². The molecule has 0 bridgehead atoms. The Kier molecular flexibility index (Phi) is 4.52. The summed E-state index contributed by atoms with van der Waals surface area (Å²) in [6.07, 6.45) is 0. The summed E-state index contributed by atoms with van der Waals surface area (Å²) in [5.74, 6) is -0.469. The second-order valence-corrected chi connectivity index (χ2v) is 5.27. The summed E-state index contributed by atoms with van der Waals surface area (Å²) in [6.45, 7) is 0. The second-order valence-electron chi connectivity index (χ2n) is 4.01. The molecule has 0 heterocycles. The van der Waals surface area contributed by atoms with Crippen molar-refractivity contribution in [2.75, 3.05) is 18.2 Å². The van der Waals surface area contributed by atoms with Gasteiger partial charge in [-0.15, -0.1) is 0 Å². The standard InChI is InChI=1S/C14H12BrClN2O2/c1-20-14(19)9-3-2-4-12(13(9)17)18-8-5-6-11(16)10(15)7-8/h2-7,18H,17H2,1H3. The van der Waals surface area contributed by atoms with Gasteiger partial charge in [0.2, 0.25) is 0 Å². The normalized spacial score (nSPS) is 10.2. The lowest BCUT2D eigenvalue weighted by Gasteiger charge is -2.12. The van der Waals surface area contributed by atoms with Crippen molar-refractivity contribution in [3.8, 4) is 0 Å². The summed E-state index contributed by atoms with van der Waals surface area (Å²) in [5, 5.41) is 3.76. The Morgan fingerprint density at radius 1 is 1.35 bits per heavy atom. The molecule has 2 aromatic rings. The summed E-state index contributed by atoms with van der Waals surface area (Å²) in [7, 11) is 1.32. The number of para-hydroxylation sites is 1. The number of hydrogen-bond donors (Lipinski definition) is 2. The van der Waals surface area contributed by atoms with E-state index in [2.05, 4.69) is 26.0 Å². The maximum Gasteiger partial charge on any atom is 0.340 e. The van der Waals surface area contributed by atoms with Crippen LogP contribution in [0.5, 0.6) is 0 Å². The molecule has 4 nitrogen and oxygen atoms in total. The molecule has 0 aliphatic rings. The van der Waals surface area contributed by atoms with Gasteiger partial charge in [0.1, 0.15) is 0 Å². The number of halogens is 2. The Balaban J connectivity index is 2.34. The van der Waals surface area contributed by atoms with Gasteiger partial charge in [-0.3, -0.25) is 0 Å². The third-order valence-electron chi connectivity index (χ3n) is 2.71. The molecule has 0 fully saturated rings. The minimum Gasteiger partial charge on any atom is -0.465 e. The molecule has 0 radical (unpaired) electrons. The number of nitrogens with two attached hydrogens (primary N) is 1. The van der Waals surface area contributed by atoms with Gasteiger partial charge in [-0.1, -0.05) is 17.7 Å². The van der Waals surface area contributed by atoms with Crippen molar-refractivity contribution < 1.29 is 9.53 Å². The number of benzene rings is 2. The van der Waals surface area contributed by atoms with Crippen molar-refractivity contribution in [1.29, 1.82) is 0 Å². The molecule has 0 saturated carbocycles. The first-order valence-electron chi connectivity index (χ1n) is 5.72. The maximum atomic E-state index is 11.6. The van der Waals surface area contributed by atoms with Crippen molar-refractivity contribution >= 4 is 50.6 Å². The lowest BCUT2D eigenvalue weighted by Crippen LogP contribution is -2.07. The lowest BCUT2D eigenvalue weighted by atomic mass is 10.1. The van der Waals surface area contributed by atoms with E-state index < -0.39 is 5.97 Å². The highest BCUT2D eigenvalue weighted by Crippen LogP contribution is 2.30. The van der Waals surface area contributed by atoms with Crippen molar-refractivity contribution in [2.24, 2.45) is 0 Å². The summed E-state index contributed by atoms with van der Waals surface area (Å²) in [5.41, 5.74) is 8.07. The van der Waals surface area contributed by atoms with Gasteiger partial charge < -0.3 is 15.8 Å². The van der Waals surface area contributed by atoms with Crippen LogP contribution in [0.4, 0.5) is 17.1 Å². The van der Waals surface area contributed by atoms with Gasteiger partial charge in [0.25, 0.3) is 0 Å². The van der Waals surface area contributed by atoms with Crippen molar-refractivity contribution in [3.05, 3.63) is 51.5 Å². The summed E-state index contributed by atoms with van der Waals surface area (Å²) in [6, 6.07) is 10.5. The molecule has 20 heavy (non-hydrogen) atoms. The van der Waals surface area contributed by atoms with E-state index in [1.807, 2.05) is 12.1 Å². The zero-order valence-corrected chi connectivity index (χ0v) is 13.0. The molecule has 0 saturated heterocycles. The fourth-order valence-electron chi connectivity index (χ4n) is 1.69. The molecule has 2 aromatic carbocycles. The first kappa shape index (κ1) is 14.7. The topological polar surface area (TPSA) is 64.3 Å². The third kappa shape index (κ3) is 3.05. The number of rotatable bonds is 3. The molecule has 104 valence electrons. The minimum absolute atomic E-state index is 0.325. The van der Waals surface area contributed by atoms with Crippen LogP contribution in [0.3, 0.4) is 0 Å². The van der Waals surface area contributed by atoms with Gasteiger partial charge in [0.05, 0.1) is 29.1 Å². The lowest BCUT2D eigenvalue weighted by molar-refractivity contribution is 0.0602. The van der Waals surface area contributed by atoms with Gasteiger partial charge in [0, 0.05) is 10.2 Å². The highest BCUT2D eigenvalue weighted by Gasteiger charge is 2.12. The van der Waals surface area contributed by atoms with E-state index in [-0.39, 0.29) is 0 Å². The largest absolute Gasteiger partial charge is 0.465 e. The number of esters is 1. The van der Waals surface area contributed by atoms with Crippen LogP contribution >= 0.6 is 27.5 Å². The molecule has 0 spiro atoms. The fourth-order valence-corrected chi connectivity index (χ4v) is 2.19. The van der Waals surface area contributed by atoms with E-state index in [1.54, 1.807) is 24.3 Å². The van der Waals surface area contributed by atoms with Crippen molar-refractivity contribution in [3.63, 3.8) is 0 Å². The third-order valence-corrected chi connectivity index (χ3v) is 3.92. The number of carbonyl (C=O) groups excluding carboxylic acids is 1. The summed E-state index contributed by atoms with van der Waals surface area (Å²) in [4.78, 5) is 11.6. The van der Waals surface area contributed by atoms with E-state index in [0.717, 1.165) is 10.2 Å². The van der Waals surface area contributed by atoms with E-state index >= 15 is 0 Å². The SMILES string of the molecule is COC(=O)c1cccc(Nc2ccc(Cl)c(Br)c2)c1N. The van der Waals surface area contributed by atoms with Crippen LogP contribution < -0.4 is 11.1 Å². The quantitative estimate of drug-likeness (QED) is 0.639. The number of nitrogens with one attached hydrogen (secondary N) is 1. The van der Waals surface area contributed by atoms with Gasteiger partial charge in [-0.05, 0) is 46.3 Å². The predicted molar refractivity (Wildman–Crippen MR) is 84.6 cm³/mol. The number of carbonyl (C=O) groups is 1. The van der Waals surface area contributed by atoms with Crippen LogP contribution in [0.1, 0.15) is 10.4 Å². The number of ether oxygens (including phenoxy) is 1. The second kappa shape index (κ2) is 6.15. The fraction of sp³-hybridized carbons (Fsp3) is 0.0714. The van der Waals surface area contributed by atoms with Crippen LogP contribution in [-0.2, 0) is 4.74 Å². The molecule has 0 aliphatic heterocycles. The molecular formula is C14H12BrClN2O2. The Morgan fingerprint density at radius 2 is 2.10 bits per heavy atom. The maximum absolute atomic E-state index is 11.6. The molecule has 0 unspecified atom stereocenters. The zero-order chi connectivity index (χ0) is 14.7. The molecule has 0 aromatic heterocycles. The Bertz CT molecular complexity index is 662. The monoisotopic (exact) mass is 354 g/mol. The summed E-state index contributed by atoms with van der Waals surface area (Å²) < 4.78 is 5.46. The molecule has 6 heteroatoms. The van der Waals surface area contributed by atoms with Crippen LogP contribution in [0.2, 0.25) is 5.02 Å². The van der Waals surface area contributed by atoms with E-state index in [9.17, 15) is 4.79 Å². The number of anilines is 3. The smallest absolute Gasteiger partial charge is 0.340 e. The molecule has 3 N–H and O–H groups in total. The van der Waals surface area contributed by atoms with Crippen LogP contribution in [0, 0.1) is 0 Å². The number of hydrogen-bond acceptors (Lipinski definition) is 4. The first-order chi connectivity index (χ1) is 9.52.